The van der Waals surface area contributed by atoms with Gasteiger partial charge in [0.05, 0.1) is 11.7 Å². The molecule has 2 nitrogen and oxygen atoms in total. The van der Waals surface area contributed by atoms with Gasteiger partial charge >= 0.3 is 0 Å². The van der Waals surface area contributed by atoms with Crippen LogP contribution in [0.3, 0.4) is 0 Å². The lowest BCUT2D eigenvalue weighted by Crippen LogP contribution is -2.27. The molecule has 4 heteroatoms. The van der Waals surface area contributed by atoms with E-state index in [1.54, 1.807) is 0 Å². The number of aromatic nitrogens is 1. The van der Waals surface area contributed by atoms with E-state index in [2.05, 4.69) is 43.8 Å². The molecule has 1 aliphatic carbocycles. The van der Waals surface area contributed by atoms with Gasteiger partial charge in [0.1, 0.15) is 0 Å². The van der Waals surface area contributed by atoms with E-state index in [0.717, 1.165) is 20.6 Å². The molecule has 0 radical (unpaired) electrons. The van der Waals surface area contributed by atoms with Crippen LogP contribution in [0.25, 0.3) is 0 Å². The third kappa shape index (κ3) is 3.34. The first kappa shape index (κ1) is 14.5. The Morgan fingerprint density at radius 3 is 2.89 bits per heavy atom. The average Bonchev–Trinajstić information content (AvgIpc) is 2.38. The van der Waals surface area contributed by atoms with Crippen molar-refractivity contribution in [3.8, 4) is 0 Å². The summed E-state index contributed by atoms with van der Waals surface area (Å²) in [5.74, 6) is 1.43. The van der Waals surface area contributed by atoms with Crippen LogP contribution in [0.5, 0.6) is 0 Å². The zero-order chi connectivity index (χ0) is 13.1. The molecule has 1 fully saturated rings. The summed E-state index contributed by atoms with van der Waals surface area (Å²) in [6.45, 7) is 2.28. The molecular formula is C14H20Br2N2. The van der Waals surface area contributed by atoms with Crippen molar-refractivity contribution in [2.24, 2.45) is 17.6 Å². The summed E-state index contributed by atoms with van der Waals surface area (Å²) in [4.78, 5) is 4.49. The molecule has 0 aliphatic heterocycles. The second-order valence-corrected chi connectivity index (χ2v) is 7.02. The van der Waals surface area contributed by atoms with Crippen LogP contribution in [0, 0.1) is 11.8 Å². The van der Waals surface area contributed by atoms with Crippen molar-refractivity contribution in [3.63, 3.8) is 0 Å². The number of nitrogens with two attached hydrogens (primary N) is 1. The number of nitrogens with zero attached hydrogens (tertiary/aromatic N) is 1. The van der Waals surface area contributed by atoms with Gasteiger partial charge in [-0.3, -0.25) is 4.98 Å². The summed E-state index contributed by atoms with van der Waals surface area (Å²) < 4.78 is 2.00. The van der Waals surface area contributed by atoms with Crippen molar-refractivity contribution in [2.45, 2.75) is 45.1 Å². The Morgan fingerprint density at radius 1 is 1.44 bits per heavy atom. The fourth-order valence-electron chi connectivity index (χ4n) is 2.92. The van der Waals surface area contributed by atoms with Gasteiger partial charge in [0.15, 0.2) is 0 Å². The lowest BCUT2D eigenvalue weighted by Gasteiger charge is -2.32. The second kappa shape index (κ2) is 6.49. The van der Waals surface area contributed by atoms with Gasteiger partial charge in [-0.1, -0.05) is 26.2 Å². The van der Waals surface area contributed by atoms with Crippen molar-refractivity contribution in [1.29, 1.82) is 0 Å². The van der Waals surface area contributed by atoms with Crippen LogP contribution in [0.15, 0.2) is 21.2 Å². The number of halogens is 2. The molecule has 1 aromatic heterocycles. The first-order valence-electron chi connectivity index (χ1n) is 6.68. The molecule has 0 amide bonds. The third-order valence-electron chi connectivity index (χ3n) is 4.06. The summed E-state index contributed by atoms with van der Waals surface area (Å²) in [7, 11) is 0. The van der Waals surface area contributed by atoms with Crippen LogP contribution in [-0.4, -0.2) is 4.98 Å². The zero-order valence-electron chi connectivity index (χ0n) is 10.7. The van der Waals surface area contributed by atoms with E-state index >= 15 is 0 Å². The number of rotatable bonds is 3. The smallest absolute Gasteiger partial charge is 0.0716 e. The Kier molecular flexibility index (Phi) is 5.22. The quantitative estimate of drug-likeness (QED) is 0.822. The van der Waals surface area contributed by atoms with Crippen LogP contribution >= 0.6 is 31.9 Å². The fourth-order valence-corrected chi connectivity index (χ4v) is 4.18. The summed E-state index contributed by atoms with van der Waals surface area (Å²) in [6, 6.07) is 2.09. The van der Waals surface area contributed by atoms with Crippen LogP contribution in [0.2, 0.25) is 0 Å². The summed E-state index contributed by atoms with van der Waals surface area (Å²) in [6.07, 6.45) is 8.28. The molecule has 1 aliphatic rings. The molecule has 100 valence electrons. The van der Waals surface area contributed by atoms with Crippen LogP contribution in [0.1, 0.15) is 50.8 Å². The van der Waals surface area contributed by atoms with Gasteiger partial charge in [-0.15, -0.1) is 0 Å². The van der Waals surface area contributed by atoms with E-state index < -0.39 is 0 Å². The normalized spacial score (nSPS) is 26.0. The highest BCUT2D eigenvalue weighted by molar-refractivity contribution is 9.11. The monoisotopic (exact) mass is 374 g/mol. The first-order valence-corrected chi connectivity index (χ1v) is 8.27. The molecule has 0 aromatic carbocycles. The van der Waals surface area contributed by atoms with E-state index in [0.29, 0.717) is 5.92 Å². The SMILES string of the molecule is CCC1CCCC(C(N)c2ncc(Br)cc2Br)C1. The molecular weight excluding hydrogens is 356 g/mol. The summed E-state index contributed by atoms with van der Waals surface area (Å²) in [5.41, 5.74) is 7.43. The van der Waals surface area contributed by atoms with Crippen molar-refractivity contribution < 1.29 is 0 Å². The summed E-state index contributed by atoms with van der Waals surface area (Å²) >= 11 is 7.00. The van der Waals surface area contributed by atoms with Gasteiger partial charge in [-0.25, -0.2) is 0 Å². The Hall–Kier alpha value is 0.0700. The molecule has 0 saturated heterocycles. The molecule has 3 atom stereocenters. The molecule has 0 bridgehead atoms. The van der Waals surface area contributed by atoms with Crippen molar-refractivity contribution in [3.05, 3.63) is 26.9 Å². The third-order valence-corrected chi connectivity index (χ3v) is 5.13. The van der Waals surface area contributed by atoms with Gasteiger partial charge in [0.25, 0.3) is 0 Å². The zero-order valence-corrected chi connectivity index (χ0v) is 13.9. The largest absolute Gasteiger partial charge is 0.322 e. The maximum Gasteiger partial charge on any atom is 0.0716 e. The topological polar surface area (TPSA) is 38.9 Å². The van der Waals surface area contributed by atoms with Crippen LogP contribution < -0.4 is 5.73 Å². The molecule has 1 heterocycles. The Labute approximate surface area is 126 Å². The van der Waals surface area contributed by atoms with Gasteiger partial charge in [0, 0.05) is 15.1 Å². The van der Waals surface area contributed by atoms with Crippen molar-refractivity contribution >= 4 is 31.9 Å². The van der Waals surface area contributed by atoms with E-state index in [1.165, 1.54) is 32.1 Å². The standard InChI is InChI=1S/C14H20Br2N2/c1-2-9-4-3-5-10(6-9)13(17)14-12(16)7-11(15)8-18-14/h7-10,13H,2-6,17H2,1H3. The van der Waals surface area contributed by atoms with Crippen LogP contribution in [0.4, 0.5) is 0 Å². The predicted molar refractivity (Wildman–Crippen MR) is 82.3 cm³/mol. The lowest BCUT2D eigenvalue weighted by molar-refractivity contribution is 0.228. The van der Waals surface area contributed by atoms with Gasteiger partial charge in [-0.2, -0.15) is 0 Å². The van der Waals surface area contributed by atoms with E-state index in [9.17, 15) is 0 Å². The lowest BCUT2D eigenvalue weighted by atomic mass is 9.76. The molecule has 1 aromatic rings. The maximum absolute atomic E-state index is 6.43. The number of hydrogen-bond acceptors (Lipinski definition) is 2. The van der Waals surface area contributed by atoms with Crippen molar-refractivity contribution in [1.82, 2.24) is 4.98 Å². The minimum Gasteiger partial charge on any atom is -0.322 e. The first-order chi connectivity index (χ1) is 8.61. The molecule has 0 spiro atoms. The highest BCUT2D eigenvalue weighted by Gasteiger charge is 2.28. The average molecular weight is 376 g/mol. The van der Waals surface area contributed by atoms with Crippen molar-refractivity contribution in [2.75, 3.05) is 0 Å². The Bertz CT molecular complexity index is 409. The Morgan fingerprint density at radius 2 is 2.22 bits per heavy atom. The summed E-state index contributed by atoms with van der Waals surface area (Å²) in [5, 5.41) is 0. The molecule has 2 N–H and O–H groups in total. The molecule has 2 rings (SSSR count). The number of pyridine rings is 1. The molecule has 3 unspecified atom stereocenters. The maximum atomic E-state index is 6.43. The van der Waals surface area contributed by atoms with Crippen LogP contribution in [-0.2, 0) is 0 Å². The minimum absolute atomic E-state index is 0.0572. The van der Waals surface area contributed by atoms with E-state index in [1.807, 2.05) is 12.3 Å². The van der Waals surface area contributed by atoms with E-state index in [4.69, 9.17) is 5.73 Å². The molecule has 1 saturated carbocycles. The second-order valence-electron chi connectivity index (χ2n) is 5.25. The van der Waals surface area contributed by atoms with E-state index in [-0.39, 0.29) is 6.04 Å². The predicted octanol–water partition coefficient (Wildman–Crippen LogP) is 4.82. The Balaban J connectivity index is 2.12. The fraction of sp³-hybridized carbons (Fsp3) is 0.643. The van der Waals surface area contributed by atoms with Gasteiger partial charge in [-0.05, 0) is 62.6 Å². The highest BCUT2D eigenvalue weighted by atomic mass is 79.9. The minimum atomic E-state index is 0.0572. The van der Waals surface area contributed by atoms with Gasteiger partial charge < -0.3 is 5.73 Å². The number of hydrogen-bond donors (Lipinski definition) is 1. The molecule has 18 heavy (non-hydrogen) atoms. The van der Waals surface area contributed by atoms with Gasteiger partial charge in [0.2, 0.25) is 0 Å². The highest BCUT2D eigenvalue weighted by Crippen LogP contribution is 2.38.